The van der Waals surface area contributed by atoms with E-state index >= 15 is 0 Å². The molecule has 0 aliphatic rings. The van der Waals surface area contributed by atoms with Crippen LogP contribution < -0.4 is 0 Å². The second-order valence-electron chi connectivity index (χ2n) is 3.32. The molecule has 0 radical (unpaired) electrons. The normalized spacial score (nSPS) is 14.4. The molecule has 0 saturated heterocycles. The van der Waals surface area contributed by atoms with Crippen molar-refractivity contribution in [1.29, 1.82) is 0 Å². The van der Waals surface area contributed by atoms with Crippen LogP contribution in [0.4, 0.5) is 5.95 Å². The average Bonchev–Trinajstić information content (AvgIpc) is 2.66. The minimum absolute atomic E-state index is 0.244. The van der Waals surface area contributed by atoms with Crippen LogP contribution in [-0.2, 0) is 6.54 Å². The van der Waals surface area contributed by atoms with Crippen molar-refractivity contribution < 1.29 is 4.92 Å². The molecular formula is C8H11ClN4O3. The van der Waals surface area contributed by atoms with E-state index in [1.807, 2.05) is 0 Å². The van der Waals surface area contributed by atoms with Gasteiger partial charge in [0.25, 0.3) is 0 Å². The molecular weight excluding hydrogens is 236 g/mol. The van der Waals surface area contributed by atoms with Gasteiger partial charge in [0.05, 0.1) is 11.9 Å². The van der Waals surface area contributed by atoms with Crippen molar-refractivity contribution in [1.82, 2.24) is 9.55 Å². The molecule has 0 spiro atoms. The summed E-state index contributed by atoms with van der Waals surface area (Å²) in [6.07, 6.45) is 3.18. The van der Waals surface area contributed by atoms with Gasteiger partial charge in [0.15, 0.2) is 0 Å². The molecule has 1 heterocycles. The maximum atomic E-state index is 10.5. The zero-order chi connectivity index (χ0) is 12.1. The average molecular weight is 247 g/mol. The standard InChI is InChI=1S/C8H11ClN4O3/c1-6(9)7(11-14)2-4-12-5-3-10-8(12)13(15)16/h3,5-7H,2,4H2,1H3. The Labute approximate surface area is 96.5 Å². The third-order valence-electron chi connectivity index (χ3n) is 2.19. The van der Waals surface area contributed by atoms with Gasteiger partial charge in [-0.25, -0.2) is 4.57 Å². The fraction of sp³-hybridized carbons (Fsp3) is 0.625. The number of hydrogen-bond acceptors (Lipinski definition) is 5. The van der Waals surface area contributed by atoms with Gasteiger partial charge in [0.2, 0.25) is 0 Å². The van der Waals surface area contributed by atoms with E-state index < -0.39 is 11.0 Å². The van der Waals surface area contributed by atoms with Crippen LogP contribution in [0.2, 0.25) is 0 Å². The minimum atomic E-state index is -0.576. The van der Waals surface area contributed by atoms with Gasteiger partial charge in [0, 0.05) is 6.42 Å². The highest BCUT2D eigenvalue weighted by molar-refractivity contribution is 6.20. The number of aryl methyl sites for hydroxylation is 1. The van der Waals surface area contributed by atoms with E-state index in [1.165, 1.54) is 17.0 Å². The maximum absolute atomic E-state index is 10.5. The number of alkyl halides is 1. The van der Waals surface area contributed by atoms with Gasteiger partial charge in [-0.2, -0.15) is 4.91 Å². The van der Waals surface area contributed by atoms with Crippen LogP contribution in [0.15, 0.2) is 17.6 Å². The highest BCUT2D eigenvalue weighted by Gasteiger charge is 2.19. The predicted molar refractivity (Wildman–Crippen MR) is 58.4 cm³/mol. The SMILES string of the molecule is CC(Cl)C(CCn1ccnc1[N+](=O)[O-])N=O. The van der Waals surface area contributed by atoms with E-state index in [0.717, 1.165) is 0 Å². The van der Waals surface area contributed by atoms with Crippen LogP contribution >= 0.6 is 11.6 Å². The first-order valence-electron chi connectivity index (χ1n) is 4.68. The van der Waals surface area contributed by atoms with Crippen molar-refractivity contribution in [3.05, 3.63) is 27.4 Å². The van der Waals surface area contributed by atoms with Gasteiger partial charge >= 0.3 is 5.95 Å². The Balaban J connectivity index is 2.63. The van der Waals surface area contributed by atoms with Gasteiger partial charge in [-0.1, -0.05) is 10.2 Å². The number of nitrogens with zero attached hydrogens (tertiary/aromatic N) is 4. The number of hydrogen-bond donors (Lipinski definition) is 0. The first-order valence-corrected chi connectivity index (χ1v) is 5.12. The molecule has 88 valence electrons. The topological polar surface area (TPSA) is 90.4 Å². The summed E-state index contributed by atoms with van der Waals surface area (Å²) < 4.78 is 1.36. The van der Waals surface area contributed by atoms with E-state index in [0.29, 0.717) is 13.0 Å². The van der Waals surface area contributed by atoms with Gasteiger partial charge in [-0.15, -0.1) is 11.6 Å². The number of aromatic nitrogens is 2. The largest absolute Gasteiger partial charge is 0.434 e. The van der Waals surface area contributed by atoms with Crippen molar-refractivity contribution in [3.63, 3.8) is 0 Å². The summed E-state index contributed by atoms with van der Waals surface area (Å²) >= 11 is 5.73. The van der Waals surface area contributed by atoms with Crippen molar-refractivity contribution in [2.45, 2.75) is 31.3 Å². The molecule has 0 saturated carbocycles. The van der Waals surface area contributed by atoms with E-state index in [9.17, 15) is 15.0 Å². The summed E-state index contributed by atoms with van der Waals surface area (Å²) in [6, 6.07) is -0.552. The lowest BCUT2D eigenvalue weighted by molar-refractivity contribution is -0.396. The zero-order valence-electron chi connectivity index (χ0n) is 8.62. The van der Waals surface area contributed by atoms with Crippen LogP contribution in [0, 0.1) is 15.0 Å². The lowest BCUT2D eigenvalue weighted by Crippen LogP contribution is -2.18. The molecule has 1 aromatic heterocycles. The van der Waals surface area contributed by atoms with Crippen molar-refractivity contribution in [3.8, 4) is 0 Å². The van der Waals surface area contributed by atoms with Crippen LogP contribution in [-0.4, -0.2) is 25.9 Å². The van der Waals surface area contributed by atoms with Crippen LogP contribution in [0.5, 0.6) is 0 Å². The Kier molecular flexibility index (Phi) is 4.36. The van der Waals surface area contributed by atoms with E-state index in [4.69, 9.17) is 11.6 Å². The molecule has 0 bridgehead atoms. The molecule has 0 aromatic carbocycles. The van der Waals surface area contributed by atoms with Crippen molar-refractivity contribution in [2.24, 2.45) is 5.18 Å². The van der Waals surface area contributed by atoms with Gasteiger partial charge in [0.1, 0.15) is 18.4 Å². The molecule has 0 amide bonds. The number of nitro groups is 1. The second-order valence-corrected chi connectivity index (χ2v) is 4.01. The molecule has 1 rings (SSSR count). The summed E-state index contributed by atoms with van der Waals surface area (Å²) in [5, 5.41) is 13.0. The van der Waals surface area contributed by atoms with Gasteiger partial charge in [-0.05, 0) is 11.8 Å². The fourth-order valence-corrected chi connectivity index (χ4v) is 1.46. The Bertz CT molecular complexity index is 379. The van der Waals surface area contributed by atoms with E-state index in [1.54, 1.807) is 6.92 Å². The summed E-state index contributed by atoms with van der Waals surface area (Å²) in [5.74, 6) is -0.244. The Morgan fingerprint density at radius 1 is 1.75 bits per heavy atom. The lowest BCUT2D eigenvalue weighted by Gasteiger charge is -2.09. The first-order chi connectivity index (χ1) is 7.56. The number of imidazole rings is 1. The van der Waals surface area contributed by atoms with Gasteiger partial charge in [-0.3, -0.25) is 0 Å². The molecule has 0 N–H and O–H groups in total. The van der Waals surface area contributed by atoms with E-state index in [2.05, 4.69) is 10.2 Å². The lowest BCUT2D eigenvalue weighted by atomic mass is 10.1. The Hall–Kier alpha value is -1.50. The molecule has 2 unspecified atom stereocenters. The minimum Gasteiger partial charge on any atom is -0.390 e. The third kappa shape index (κ3) is 2.99. The maximum Gasteiger partial charge on any atom is 0.434 e. The summed E-state index contributed by atoms with van der Waals surface area (Å²) in [7, 11) is 0. The Morgan fingerprint density at radius 2 is 2.44 bits per heavy atom. The number of halogens is 1. The highest BCUT2D eigenvalue weighted by Crippen LogP contribution is 2.14. The molecule has 1 aromatic rings. The van der Waals surface area contributed by atoms with Crippen molar-refractivity contribution >= 4 is 17.5 Å². The third-order valence-corrected chi connectivity index (χ3v) is 2.48. The molecule has 16 heavy (non-hydrogen) atoms. The summed E-state index contributed by atoms with van der Waals surface area (Å²) in [6.45, 7) is 1.96. The van der Waals surface area contributed by atoms with Crippen LogP contribution in [0.1, 0.15) is 13.3 Å². The monoisotopic (exact) mass is 246 g/mol. The molecule has 0 fully saturated rings. The zero-order valence-corrected chi connectivity index (χ0v) is 9.37. The summed E-state index contributed by atoms with van der Waals surface area (Å²) in [5.41, 5.74) is 0. The number of nitroso groups, excluding NO2 is 1. The molecule has 2 atom stereocenters. The highest BCUT2D eigenvalue weighted by atomic mass is 35.5. The predicted octanol–water partition coefficient (Wildman–Crippen LogP) is 1.94. The van der Waals surface area contributed by atoms with Crippen LogP contribution in [0.25, 0.3) is 0 Å². The molecule has 0 aliphatic heterocycles. The summed E-state index contributed by atoms with van der Waals surface area (Å²) in [4.78, 5) is 24.0. The van der Waals surface area contributed by atoms with Crippen molar-refractivity contribution in [2.75, 3.05) is 0 Å². The molecule has 7 nitrogen and oxygen atoms in total. The van der Waals surface area contributed by atoms with Crippen LogP contribution in [0.3, 0.4) is 0 Å². The van der Waals surface area contributed by atoms with Gasteiger partial charge < -0.3 is 10.1 Å². The quantitative estimate of drug-likeness (QED) is 0.332. The fourth-order valence-electron chi connectivity index (χ4n) is 1.29. The second kappa shape index (κ2) is 5.55. The molecule has 0 aliphatic carbocycles. The molecule has 8 heteroatoms. The smallest absolute Gasteiger partial charge is 0.390 e. The number of rotatable bonds is 6. The van der Waals surface area contributed by atoms with E-state index in [-0.39, 0.29) is 11.3 Å². The first kappa shape index (κ1) is 12.6. The Morgan fingerprint density at radius 3 is 2.94 bits per heavy atom.